The van der Waals surface area contributed by atoms with Crippen LogP contribution in [0.4, 0.5) is 0 Å². The number of hydrogen-bond donors (Lipinski definition) is 2. The maximum atomic E-state index is 6.18. The monoisotopic (exact) mass is 277 g/mol. The number of rotatable bonds is 5. The van der Waals surface area contributed by atoms with Gasteiger partial charge in [0.25, 0.3) is 0 Å². The molecule has 1 unspecified atom stereocenters. The van der Waals surface area contributed by atoms with Gasteiger partial charge < -0.3 is 10.7 Å². The van der Waals surface area contributed by atoms with Crippen LogP contribution in [0.25, 0.3) is 5.70 Å². The summed E-state index contributed by atoms with van der Waals surface area (Å²) in [6.45, 7) is 6.45. The Kier molecular flexibility index (Phi) is 4.32. The number of thiophene rings is 1. The largest absolute Gasteiger partial charge is 0.396 e. The summed E-state index contributed by atoms with van der Waals surface area (Å²) in [5.74, 6) is 6.64. The van der Waals surface area contributed by atoms with E-state index in [9.17, 15) is 0 Å². The Bertz CT molecular complexity index is 493. The van der Waals surface area contributed by atoms with Gasteiger partial charge in [-0.2, -0.15) is 0 Å². The molecule has 0 bridgehead atoms. The van der Waals surface area contributed by atoms with Gasteiger partial charge in [0, 0.05) is 11.1 Å². The van der Waals surface area contributed by atoms with Crippen molar-refractivity contribution in [2.75, 3.05) is 0 Å². The maximum absolute atomic E-state index is 6.18. The van der Waals surface area contributed by atoms with Gasteiger partial charge in [0.05, 0.1) is 16.6 Å². The van der Waals surface area contributed by atoms with Crippen molar-refractivity contribution in [1.29, 1.82) is 0 Å². The average Bonchev–Trinajstić information content (AvgIpc) is 3.05. The molecule has 0 spiro atoms. The van der Waals surface area contributed by atoms with E-state index in [0.717, 1.165) is 10.6 Å². The first-order chi connectivity index (χ1) is 8.97. The van der Waals surface area contributed by atoms with Crippen molar-refractivity contribution < 1.29 is 0 Å². The first-order valence-corrected chi connectivity index (χ1v) is 7.55. The van der Waals surface area contributed by atoms with Crippen molar-refractivity contribution >= 4 is 17.0 Å². The molecule has 1 aromatic heterocycles. The van der Waals surface area contributed by atoms with Crippen molar-refractivity contribution in [3.8, 4) is 0 Å². The van der Waals surface area contributed by atoms with Crippen LogP contribution in [0.2, 0.25) is 0 Å². The minimum Gasteiger partial charge on any atom is -0.396 e. The van der Waals surface area contributed by atoms with Crippen LogP contribution in [0.5, 0.6) is 0 Å². The molecule has 1 aliphatic carbocycles. The van der Waals surface area contributed by atoms with E-state index in [1.54, 1.807) is 16.3 Å². The molecule has 1 atom stereocenters. The molecular formula is C15H23N3S. The predicted octanol–water partition coefficient (Wildman–Crippen LogP) is 3.23. The molecule has 104 valence electrons. The highest BCUT2D eigenvalue weighted by Crippen LogP contribution is 2.30. The van der Waals surface area contributed by atoms with Crippen molar-refractivity contribution in [2.24, 2.45) is 17.5 Å². The van der Waals surface area contributed by atoms with Crippen LogP contribution in [-0.4, -0.2) is 11.1 Å². The Labute approximate surface area is 119 Å². The van der Waals surface area contributed by atoms with Crippen molar-refractivity contribution in [3.63, 3.8) is 0 Å². The third kappa shape index (κ3) is 3.85. The number of nitrogens with zero attached hydrogens (tertiary/aromatic N) is 1. The maximum Gasteiger partial charge on any atom is 0.0666 e. The summed E-state index contributed by atoms with van der Waals surface area (Å²) in [6.07, 6.45) is 6.59. The number of allylic oxidation sites excluding steroid dienone is 1. The normalized spacial score (nSPS) is 16.7. The highest BCUT2D eigenvalue weighted by molar-refractivity contribution is 7.13. The average molecular weight is 277 g/mol. The lowest BCUT2D eigenvalue weighted by Crippen LogP contribution is -2.39. The van der Waals surface area contributed by atoms with Crippen LogP contribution in [0.3, 0.4) is 0 Å². The number of aryl methyl sites for hydroxylation is 1. The summed E-state index contributed by atoms with van der Waals surface area (Å²) >= 11 is 1.69. The van der Waals surface area contributed by atoms with Gasteiger partial charge in [0.1, 0.15) is 0 Å². The molecule has 1 saturated carbocycles. The second kappa shape index (κ2) is 5.80. The van der Waals surface area contributed by atoms with Crippen molar-refractivity contribution in [2.45, 2.75) is 39.7 Å². The smallest absolute Gasteiger partial charge is 0.0666 e. The molecule has 0 saturated heterocycles. The molecule has 1 aromatic rings. The first kappa shape index (κ1) is 14.2. The topological polar surface area (TPSA) is 55.3 Å². The third-order valence-electron chi connectivity index (χ3n) is 3.29. The molecule has 0 aliphatic heterocycles. The van der Waals surface area contributed by atoms with Crippen LogP contribution < -0.4 is 11.6 Å². The molecule has 0 amide bonds. The molecule has 1 aliphatic rings. The predicted molar refractivity (Wildman–Crippen MR) is 83.2 cm³/mol. The molecule has 0 radical (unpaired) electrons. The molecule has 1 fully saturated rings. The number of nitrogens with two attached hydrogens (primary N) is 2. The lowest BCUT2D eigenvalue weighted by Gasteiger charge is -2.27. The molecular weight excluding hydrogens is 254 g/mol. The summed E-state index contributed by atoms with van der Waals surface area (Å²) in [4.78, 5) is 2.34. The van der Waals surface area contributed by atoms with Crippen LogP contribution in [0, 0.1) is 12.8 Å². The zero-order valence-corrected chi connectivity index (χ0v) is 12.7. The first-order valence-electron chi connectivity index (χ1n) is 6.74. The zero-order valence-electron chi connectivity index (χ0n) is 11.9. The number of hydrogen-bond acceptors (Lipinski definition) is 4. The van der Waals surface area contributed by atoms with E-state index in [-0.39, 0.29) is 6.04 Å². The van der Waals surface area contributed by atoms with Gasteiger partial charge in [-0.1, -0.05) is 25.5 Å². The Hall–Kier alpha value is -1.26. The number of hydrazine groups is 1. The molecule has 0 aromatic carbocycles. The second-order valence-electron chi connectivity index (χ2n) is 5.50. The van der Waals surface area contributed by atoms with E-state index in [4.69, 9.17) is 11.6 Å². The van der Waals surface area contributed by atoms with E-state index in [2.05, 4.69) is 32.9 Å². The van der Waals surface area contributed by atoms with Crippen LogP contribution in [0.1, 0.15) is 36.4 Å². The second-order valence-corrected chi connectivity index (χ2v) is 6.79. The van der Waals surface area contributed by atoms with Crippen LogP contribution in [0.15, 0.2) is 30.0 Å². The molecule has 4 heteroatoms. The van der Waals surface area contributed by atoms with Crippen molar-refractivity contribution in [3.05, 3.63) is 39.7 Å². The van der Waals surface area contributed by atoms with E-state index >= 15 is 0 Å². The SMILES string of the molecule is Cc1ccc(/C(N)=C/N(N)C(C=C2CC2)C(C)C)s1. The molecule has 3 nitrogen and oxygen atoms in total. The van der Waals surface area contributed by atoms with Crippen LogP contribution in [-0.2, 0) is 0 Å². The molecule has 4 N–H and O–H groups in total. The Morgan fingerprint density at radius 3 is 2.53 bits per heavy atom. The minimum absolute atomic E-state index is 0.220. The summed E-state index contributed by atoms with van der Waals surface area (Å²) < 4.78 is 0. The Morgan fingerprint density at radius 1 is 1.37 bits per heavy atom. The van der Waals surface area contributed by atoms with Gasteiger partial charge >= 0.3 is 0 Å². The summed E-state index contributed by atoms with van der Waals surface area (Å²) in [7, 11) is 0. The van der Waals surface area contributed by atoms with Gasteiger partial charge in [-0.25, -0.2) is 5.84 Å². The van der Waals surface area contributed by atoms with E-state index < -0.39 is 0 Å². The molecule has 2 rings (SSSR count). The highest BCUT2D eigenvalue weighted by atomic mass is 32.1. The third-order valence-corrected chi connectivity index (χ3v) is 4.34. The fourth-order valence-electron chi connectivity index (χ4n) is 2.00. The van der Waals surface area contributed by atoms with E-state index in [1.165, 1.54) is 23.3 Å². The van der Waals surface area contributed by atoms with Crippen molar-refractivity contribution in [1.82, 2.24) is 5.01 Å². The highest BCUT2D eigenvalue weighted by Gasteiger charge is 2.20. The van der Waals surface area contributed by atoms with Gasteiger partial charge in [-0.05, 0) is 37.8 Å². The van der Waals surface area contributed by atoms with Gasteiger partial charge in [-0.15, -0.1) is 11.3 Å². The van der Waals surface area contributed by atoms with Gasteiger partial charge in [0.15, 0.2) is 0 Å². The summed E-state index contributed by atoms with van der Waals surface area (Å²) in [5, 5.41) is 1.75. The van der Waals surface area contributed by atoms with Gasteiger partial charge in [-0.3, -0.25) is 0 Å². The summed E-state index contributed by atoms with van der Waals surface area (Å²) in [5.41, 5.74) is 8.37. The lowest BCUT2D eigenvalue weighted by atomic mass is 10.0. The Balaban J connectivity index is 2.13. The van der Waals surface area contributed by atoms with E-state index in [0.29, 0.717) is 5.92 Å². The molecule has 19 heavy (non-hydrogen) atoms. The Morgan fingerprint density at radius 2 is 2.05 bits per heavy atom. The zero-order chi connectivity index (χ0) is 14.0. The fourth-order valence-corrected chi connectivity index (χ4v) is 2.79. The minimum atomic E-state index is 0.220. The fraction of sp³-hybridized carbons (Fsp3) is 0.467. The van der Waals surface area contributed by atoms with Gasteiger partial charge in [0.2, 0.25) is 0 Å². The quantitative estimate of drug-likeness (QED) is 0.493. The molecule has 1 heterocycles. The van der Waals surface area contributed by atoms with Crippen LogP contribution >= 0.6 is 11.3 Å². The lowest BCUT2D eigenvalue weighted by molar-refractivity contribution is 0.271. The van der Waals surface area contributed by atoms with E-state index in [1.807, 2.05) is 12.3 Å². The standard InChI is InChI=1S/C15H23N3S/c1-10(2)14(8-12-5-6-12)18(17)9-13(16)15-7-4-11(3)19-15/h4,7-10,14H,5-6,16-17H2,1-3H3/b13-9-. The summed E-state index contributed by atoms with van der Waals surface area (Å²) in [6, 6.07) is 4.34.